The van der Waals surface area contributed by atoms with Crippen molar-refractivity contribution in [3.05, 3.63) is 93.6 Å². The summed E-state index contributed by atoms with van der Waals surface area (Å²) in [5, 5.41) is 4.06. The molecule has 4 aromatic rings. The number of hydrogen-bond donors (Lipinski definition) is 1. The number of methoxy groups -OCH3 is 1. The zero-order chi connectivity index (χ0) is 27.9. The smallest absolute Gasteiger partial charge is 0.307 e. The number of rotatable bonds is 11. The maximum atomic E-state index is 12.5. The number of ether oxygens (including phenoxy) is 3. The molecule has 0 spiro atoms. The fourth-order valence-corrected chi connectivity index (χ4v) is 4.34. The van der Waals surface area contributed by atoms with Gasteiger partial charge in [0.15, 0.2) is 17.3 Å². The minimum absolute atomic E-state index is 0.0532. The molecule has 0 aliphatic carbocycles. The van der Waals surface area contributed by atoms with Gasteiger partial charge in [0.05, 0.1) is 19.4 Å². The normalized spacial score (nSPS) is 11.9. The van der Waals surface area contributed by atoms with Crippen LogP contribution >= 0.6 is 15.9 Å². The van der Waals surface area contributed by atoms with Crippen molar-refractivity contribution >= 4 is 28.1 Å². The van der Waals surface area contributed by atoms with Crippen LogP contribution in [0.2, 0.25) is 0 Å². The lowest BCUT2D eigenvalue weighted by Gasteiger charge is -2.16. The molecule has 1 amide bonds. The highest BCUT2D eigenvalue weighted by atomic mass is 79.9. The number of carbonyl (C=O) groups is 1. The molecule has 0 aliphatic rings. The van der Waals surface area contributed by atoms with Gasteiger partial charge in [0, 0.05) is 27.1 Å². The number of halogens is 1. The minimum Gasteiger partial charge on any atom is -0.493 e. The summed E-state index contributed by atoms with van der Waals surface area (Å²) in [6.07, 6.45) is 2.45. The molecule has 0 radical (unpaired) electrons. The van der Waals surface area contributed by atoms with Gasteiger partial charge >= 0.3 is 5.91 Å². The monoisotopic (exact) mass is 593 g/mol. The third-order valence-corrected chi connectivity index (χ3v) is 6.88. The zero-order valence-corrected chi connectivity index (χ0v) is 24.2. The van der Waals surface area contributed by atoms with Gasteiger partial charge in [-0.25, -0.2) is 5.43 Å². The van der Waals surface area contributed by atoms with E-state index in [0.29, 0.717) is 28.6 Å². The fraction of sp³-hybridized carbons (Fsp3) is 0.267. The number of benzene rings is 2. The molecule has 2 heterocycles. The third kappa shape index (κ3) is 6.92. The molecule has 2 aromatic carbocycles. The summed E-state index contributed by atoms with van der Waals surface area (Å²) in [6.45, 7) is 8.38. The van der Waals surface area contributed by atoms with Crippen molar-refractivity contribution in [1.82, 2.24) is 9.99 Å². The van der Waals surface area contributed by atoms with Crippen molar-refractivity contribution in [1.29, 1.82) is 0 Å². The van der Waals surface area contributed by atoms with Gasteiger partial charge in [0.25, 0.3) is 0 Å². The van der Waals surface area contributed by atoms with Gasteiger partial charge in [0.2, 0.25) is 0 Å². The van der Waals surface area contributed by atoms with E-state index in [9.17, 15) is 4.79 Å². The van der Waals surface area contributed by atoms with Crippen LogP contribution in [-0.4, -0.2) is 29.9 Å². The number of aryl methyl sites for hydroxylation is 2. The lowest BCUT2D eigenvalue weighted by atomic mass is 10.2. The number of hydrogen-bond acceptors (Lipinski definition) is 6. The second kappa shape index (κ2) is 12.7. The Morgan fingerprint density at radius 3 is 2.46 bits per heavy atom. The summed E-state index contributed by atoms with van der Waals surface area (Å²) in [6, 6.07) is 18.9. The molecule has 39 heavy (non-hydrogen) atoms. The van der Waals surface area contributed by atoms with Crippen LogP contribution in [0.4, 0.5) is 0 Å². The van der Waals surface area contributed by atoms with E-state index in [-0.39, 0.29) is 18.5 Å². The van der Waals surface area contributed by atoms with Crippen LogP contribution in [0.25, 0.3) is 5.69 Å². The van der Waals surface area contributed by atoms with E-state index in [4.69, 9.17) is 18.6 Å². The Morgan fingerprint density at radius 1 is 1.08 bits per heavy atom. The van der Waals surface area contributed by atoms with Gasteiger partial charge in [-0.3, -0.25) is 4.79 Å². The average Bonchev–Trinajstić information content (AvgIpc) is 3.55. The molecular weight excluding hydrogens is 562 g/mol. The van der Waals surface area contributed by atoms with Gasteiger partial charge in [-0.2, -0.15) is 5.10 Å². The SMILES string of the molecule is CC[C@H](C)Oc1cc(Br)c(/C=N/NC(=O)c2ccc(COc3ccc(-n4c(C)ccc4C)cc3)o2)cc1OC. The molecule has 2 aromatic heterocycles. The second-order valence-electron chi connectivity index (χ2n) is 9.06. The summed E-state index contributed by atoms with van der Waals surface area (Å²) >= 11 is 3.52. The number of carbonyl (C=O) groups excluding carboxylic acids is 1. The molecular formula is C30H32BrN3O5. The molecule has 8 nitrogen and oxygen atoms in total. The highest BCUT2D eigenvalue weighted by Gasteiger charge is 2.14. The number of hydrazone groups is 1. The quantitative estimate of drug-likeness (QED) is 0.150. The number of amides is 1. The Kier molecular flexibility index (Phi) is 9.14. The number of nitrogens with one attached hydrogen (secondary N) is 1. The molecule has 0 aliphatic heterocycles. The fourth-order valence-electron chi connectivity index (χ4n) is 3.92. The van der Waals surface area contributed by atoms with E-state index in [1.54, 1.807) is 25.3 Å². The molecule has 4 rings (SSSR count). The molecule has 204 valence electrons. The van der Waals surface area contributed by atoms with E-state index < -0.39 is 5.91 Å². The van der Waals surface area contributed by atoms with Crippen LogP contribution in [0, 0.1) is 13.8 Å². The van der Waals surface area contributed by atoms with Crippen LogP contribution in [-0.2, 0) is 6.61 Å². The standard InChI is InChI=1S/C30H32BrN3O5/c1-6-21(4)38-29-16-26(31)22(15-28(29)36-5)17-32-33-30(35)27-14-13-25(39-27)18-37-24-11-9-23(10-12-24)34-19(2)7-8-20(34)3/h7-17,21H,6,18H2,1-5H3,(H,33,35)/b32-17+/t21-/m0/s1. The lowest BCUT2D eigenvalue weighted by Crippen LogP contribution is -2.17. The minimum atomic E-state index is -0.473. The van der Waals surface area contributed by atoms with E-state index >= 15 is 0 Å². The van der Waals surface area contributed by atoms with Crippen molar-refractivity contribution in [2.45, 2.75) is 46.8 Å². The topological polar surface area (TPSA) is 87.2 Å². The van der Waals surface area contributed by atoms with Crippen molar-refractivity contribution in [3.63, 3.8) is 0 Å². The molecule has 0 unspecified atom stereocenters. The van der Waals surface area contributed by atoms with Crippen molar-refractivity contribution < 1.29 is 23.4 Å². The molecule has 0 saturated carbocycles. The zero-order valence-electron chi connectivity index (χ0n) is 22.7. The first-order valence-corrected chi connectivity index (χ1v) is 13.4. The largest absolute Gasteiger partial charge is 0.493 e. The molecule has 0 saturated heterocycles. The van der Waals surface area contributed by atoms with E-state index in [1.807, 2.05) is 37.3 Å². The maximum Gasteiger partial charge on any atom is 0.307 e. The number of nitrogens with zero attached hydrogens (tertiary/aromatic N) is 2. The average molecular weight is 595 g/mol. The molecule has 1 N–H and O–H groups in total. The Morgan fingerprint density at radius 2 is 1.79 bits per heavy atom. The van der Waals surface area contributed by atoms with Crippen molar-refractivity contribution in [3.8, 4) is 22.9 Å². The van der Waals surface area contributed by atoms with E-state index in [2.05, 4.69) is 63.9 Å². The first kappa shape index (κ1) is 28.0. The van der Waals surface area contributed by atoms with Crippen LogP contribution in [0.5, 0.6) is 17.2 Å². The van der Waals surface area contributed by atoms with Gasteiger partial charge in [-0.05, 0) is 104 Å². The summed E-state index contributed by atoms with van der Waals surface area (Å²) < 4.78 is 25.8. The highest BCUT2D eigenvalue weighted by molar-refractivity contribution is 9.10. The first-order chi connectivity index (χ1) is 18.8. The Labute approximate surface area is 236 Å². The lowest BCUT2D eigenvalue weighted by molar-refractivity contribution is 0.0923. The Bertz CT molecular complexity index is 1440. The van der Waals surface area contributed by atoms with E-state index in [0.717, 1.165) is 16.6 Å². The summed E-state index contributed by atoms with van der Waals surface area (Å²) in [4.78, 5) is 12.5. The number of aromatic nitrogens is 1. The Balaban J connectivity index is 1.33. The first-order valence-electron chi connectivity index (χ1n) is 12.6. The van der Waals surface area contributed by atoms with Crippen LogP contribution < -0.4 is 19.6 Å². The number of furan rings is 1. The van der Waals surface area contributed by atoms with Crippen LogP contribution in [0.15, 0.2) is 74.7 Å². The van der Waals surface area contributed by atoms with E-state index in [1.165, 1.54) is 17.6 Å². The van der Waals surface area contributed by atoms with Crippen LogP contribution in [0.1, 0.15) is 53.5 Å². The Hall–Kier alpha value is -3.98. The maximum absolute atomic E-state index is 12.5. The third-order valence-electron chi connectivity index (χ3n) is 6.19. The summed E-state index contributed by atoms with van der Waals surface area (Å²) in [5.74, 6) is 2.09. The molecule has 9 heteroatoms. The predicted octanol–water partition coefficient (Wildman–Crippen LogP) is 6.98. The van der Waals surface area contributed by atoms with Gasteiger partial charge in [0.1, 0.15) is 18.1 Å². The summed E-state index contributed by atoms with van der Waals surface area (Å²) in [7, 11) is 1.58. The highest BCUT2D eigenvalue weighted by Crippen LogP contribution is 2.34. The van der Waals surface area contributed by atoms with Gasteiger partial charge < -0.3 is 23.2 Å². The van der Waals surface area contributed by atoms with Gasteiger partial charge in [-0.15, -0.1) is 0 Å². The molecule has 0 bridgehead atoms. The second-order valence-corrected chi connectivity index (χ2v) is 9.91. The summed E-state index contributed by atoms with van der Waals surface area (Å²) in [5.41, 5.74) is 6.61. The molecule has 1 atom stereocenters. The predicted molar refractivity (Wildman–Crippen MR) is 154 cm³/mol. The van der Waals surface area contributed by atoms with Crippen molar-refractivity contribution in [2.75, 3.05) is 7.11 Å². The molecule has 0 fully saturated rings. The van der Waals surface area contributed by atoms with Crippen LogP contribution in [0.3, 0.4) is 0 Å². The van der Waals surface area contributed by atoms with Crippen molar-refractivity contribution in [2.24, 2.45) is 5.10 Å². The van der Waals surface area contributed by atoms with Gasteiger partial charge in [-0.1, -0.05) is 6.92 Å².